The zero-order chi connectivity index (χ0) is 14.3. The SMILES string of the molecule is CNC1CCN(c2ccc3c(c2)OC(F)(F)O3)C(C)C1. The monoisotopic (exact) mass is 284 g/mol. The number of hydrogen-bond acceptors (Lipinski definition) is 4. The summed E-state index contributed by atoms with van der Waals surface area (Å²) >= 11 is 0. The maximum Gasteiger partial charge on any atom is 0.586 e. The summed E-state index contributed by atoms with van der Waals surface area (Å²) in [5.41, 5.74) is 0.895. The summed E-state index contributed by atoms with van der Waals surface area (Å²) in [5, 5.41) is 3.29. The molecule has 1 saturated heterocycles. The Morgan fingerprint density at radius 2 is 2.05 bits per heavy atom. The third-order valence-corrected chi connectivity index (χ3v) is 4.00. The molecule has 2 aliphatic heterocycles. The zero-order valence-corrected chi connectivity index (χ0v) is 11.5. The van der Waals surface area contributed by atoms with Crippen molar-refractivity contribution in [2.24, 2.45) is 0 Å². The number of nitrogens with zero attached hydrogens (tertiary/aromatic N) is 1. The lowest BCUT2D eigenvalue weighted by Gasteiger charge is -2.39. The first-order valence-corrected chi connectivity index (χ1v) is 6.82. The molecular formula is C14H18F2N2O2. The highest BCUT2D eigenvalue weighted by Crippen LogP contribution is 2.43. The quantitative estimate of drug-likeness (QED) is 0.905. The van der Waals surface area contributed by atoms with Crippen molar-refractivity contribution < 1.29 is 18.3 Å². The van der Waals surface area contributed by atoms with E-state index in [0.717, 1.165) is 25.1 Å². The molecule has 4 nitrogen and oxygen atoms in total. The Balaban J connectivity index is 1.79. The van der Waals surface area contributed by atoms with Crippen LogP contribution in [0.15, 0.2) is 18.2 Å². The second-order valence-electron chi connectivity index (χ2n) is 5.35. The summed E-state index contributed by atoms with van der Waals surface area (Å²) in [6.07, 6.45) is -1.49. The fraction of sp³-hybridized carbons (Fsp3) is 0.571. The molecule has 2 aliphatic rings. The molecular weight excluding hydrogens is 266 g/mol. The van der Waals surface area contributed by atoms with E-state index in [-0.39, 0.29) is 11.5 Å². The Hall–Kier alpha value is -1.56. The minimum absolute atomic E-state index is 0.0940. The van der Waals surface area contributed by atoms with Crippen molar-refractivity contribution in [3.05, 3.63) is 18.2 Å². The number of ether oxygens (including phenoxy) is 2. The van der Waals surface area contributed by atoms with Gasteiger partial charge in [0.15, 0.2) is 11.5 Å². The van der Waals surface area contributed by atoms with Crippen LogP contribution in [0.3, 0.4) is 0 Å². The number of anilines is 1. The number of nitrogens with one attached hydrogen (secondary N) is 1. The summed E-state index contributed by atoms with van der Waals surface area (Å²) < 4.78 is 35.0. The standard InChI is InChI=1S/C14H18F2N2O2/c1-9-7-10(17-2)5-6-18(9)11-3-4-12-13(8-11)20-14(15,16)19-12/h3-4,8-10,17H,5-7H2,1-2H3. The van der Waals surface area contributed by atoms with Crippen molar-refractivity contribution >= 4 is 5.69 Å². The fourth-order valence-electron chi connectivity index (χ4n) is 2.93. The zero-order valence-electron chi connectivity index (χ0n) is 11.5. The van der Waals surface area contributed by atoms with Crippen molar-refractivity contribution in [2.75, 3.05) is 18.5 Å². The van der Waals surface area contributed by atoms with E-state index in [0.29, 0.717) is 12.1 Å². The Kier molecular flexibility index (Phi) is 3.20. The van der Waals surface area contributed by atoms with Gasteiger partial charge in [0.05, 0.1) is 0 Å². The van der Waals surface area contributed by atoms with E-state index >= 15 is 0 Å². The highest BCUT2D eigenvalue weighted by atomic mass is 19.3. The number of rotatable bonds is 2. The van der Waals surface area contributed by atoms with Crippen molar-refractivity contribution in [2.45, 2.75) is 38.1 Å². The first kappa shape index (κ1) is 13.4. The van der Waals surface area contributed by atoms with Crippen LogP contribution in [-0.2, 0) is 0 Å². The maximum absolute atomic E-state index is 13.0. The van der Waals surface area contributed by atoms with Gasteiger partial charge in [0.2, 0.25) is 0 Å². The van der Waals surface area contributed by atoms with Crippen LogP contribution in [0.5, 0.6) is 11.5 Å². The molecule has 1 fully saturated rings. The van der Waals surface area contributed by atoms with Crippen LogP contribution in [0, 0.1) is 0 Å². The molecule has 20 heavy (non-hydrogen) atoms. The normalized spacial score (nSPS) is 27.7. The van der Waals surface area contributed by atoms with Gasteiger partial charge < -0.3 is 19.7 Å². The van der Waals surface area contributed by atoms with Gasteiger partial charge in [0.1, 0.15) is 0 Å². The highest BCUT2D eigenvalue weighted by molar-refractivity contribution is 5.58. The second-order valence-corrected chi connectivity index (χ2v) is 5.35. The molecule has 2 atom stereocenters. The van der Waals surface area contributed by atoms with E-state index in [1.54, 1.807) is 18.2 Å². The largest absolute Gasteiger partial charge is 0.586 e. The molecule has 1 N–H and O–H groups in total. The minimum atomic E-state index is -3.55. The highest BCUT2D eigenvalue weighted by Gasteiger charge is 2.43. The van der Waals surface area contributed by atoms with Crippen LogP contribution in [-0.4, -0.2) is 32.0 Å². The maximum atomic E-state index is 13.0. The van der Waals surface area contributed by atoms with E-state index in [1.165, 1.54) is 0 Å². The summed E-state index contributed by atoms with van der Waals surface area (Å²) in [5.74, 6) is 0.201. The van der Waals surface area contributed by atoms with Gasteiger partial charge >= 0.3 is 6.29 Å². The third-order valence-electron chi connectivity index (χ3n) is 4.00. The average molecular weight is 284 g/mol. The lowest BCUT2D eigenvalue weighted by atomic mass is 9.97. The molecule has 0 aliphatic carbocycles. The number of alkyl halides is 2. The average Bonchev–Trinajstić information content (AvgIpc) is 2.71. The van der Waals surface area contributed by atoms with Gasteiger partial charge in [-0.3, -0.25) is 0 Å². The van der Waals surface area contributed by atoms with Crippen LogP contribution in [0.2, 0.25) is 0 Å². The summed E-state index contributed by atoms with van der Waals surface area (Å²) in [6.45, 7) is 3.03. The predicted octanol–water partition coefficient (Wildman–Crippen LogP) is 2.58. The molecule has 1 aromatic carbocycles. The van der Waals surface area contributed by atoms with Gasteiger partial charge in [-0.15, -0.1) is 8.78 Å². The van der Waals surface area contributed by atoms with Crippen molar-refractivity contribution in [3.8, 4) is 11.5 Å². The molecule has 0 aromatic heterocycles. The predicted molar refractivity (Wildman–Crippen MR) is 71.5 cm³/mol. The minimum Gasteiger partial charge on any atom is -0.395 e. The Bertz CT molecular complexity index is 510. The fourth-order valence-corrected chi connectivity index (χ4v) is 2.93. The van der Waals surface area contributed by atoms with Crippen LogP contribution in [0.25, 0.3) is 0 Å². The van der Waals surface area contributed by atoms with Crippen molar-refractivity contribution in [3.63, 3.8) is 0 Å². The van der Waals surface area contributed by atoms with Gasteiger partial charge in [0, 0.05) is 30.4 Å². The van der Waals surface area contributed by atoms with E-state index in [2.05, 4.69) is 26.6 Å². The Morgan fingerprint density at radius 3 is 2.75 bits per heavy atom. The first-order valence-electron chi connectivity index (χ1n) is 6.82. The third kappa shape index (κ3) is 2.40. The first-order chi connectivity index (χ1) is 9.48. The molecule has 3 rings (SSSR count). The number of piperidine rings is 1. The lowest BCUT2D eigenvalue weighted by Crippen LogP contribution is -2.46. The Labute approximate surface area is 116 Å². The van der Waals surface area contributed by atoms with Gasteiger partial charge in [-0.1, -0.05) is 0 Å². The van der Waals surface area contributed by atoms with Crippen molar-refractivity contribution in [1.82, 2.24) is 5.32 Å². The van der Waals surface area contributed by atoms with E-state index in [4.69, 9.17) is 0 Å². The second kappa shape index (κ2) is 4.77. The molecule has 0 amide bonds. The van der Waals surface area contributed by atoms with Crippen molar-refractivity contribution in [1.29, 1.82) is 0 Å². The van der Waals surface area contributed by atoms with E-state index < -0.39 is 6.29 Å². The van der Waals surface area contributed by atoms with E-state index in [9.17, 15) is 8.78 Å². The molecule has 2 heterocycles. The van der Waals surface area contributed by atoms with Gasteiger partial charge in [0.25, 0.3) is 0 Å². The summed E-state index contributed by atoms with van der Waals surface area (Å²) in [4.78, 5) is 2.22. The van der Waals surface area contributed by atoms with Gasteiger partial charge in [-0.05, 0) is 38.9 Å². The van der Waals surface area contributed by atoms with E-state index in [1.807, 2.05) is 7.05 Å². The summed E-state index contributed by atoms with van der Waals surface area (Å²) in [6, 6.07) is 5.84. The molecule has 2 unspecified atom stereocenters. The lowest BCUT2D eigenvalue weighted by molar-refractivity contribution is -0.286. The molecule has 110 valence electrons. The molecule has 1 aromatic rings. The molecule has 6 heteroatoms. The van der Waals surface area contributed by atoms with Crippen LogP contribution in [0.4, 0.5) is 14.5 Å². The van der Waals surface area contributed by atoms with Gasteiger partial charge in [-0.25, -0.2) is 0 Å². The molecule has 0 radical (unpaired) electrons. The molecule has 0 spiro atoms. The molecule has 0 saturated carbocycles. The Morgan fingerprint density at radius 1 is 1.30 bits per heavy atom. The number of hydrogen-bond donors (Lipinski definition) is 1. The smallest absolute Gasteiger partial charge is 0.395 e. The number of fused-ring (bicyclic) bond motifs is 1. The summed E-state index contributed by atoms with van der Waals surface area (Å²) in [7, 11) is 1.97. The van der Waals surface area contributed by atoms with Crippen LogP contribution < -0.4 is 19.7 Å². The number of halogens is 2. The molecule has 0 bridgehead atoms. The van der Waals surface area contributed by atoms with Crippen LogP contribution >= 0.6 is 0 Å². The van der Waals surface area contributed by atoms with Crippen LogP contribution in [0.1, 0.15) is 19.8 Å². The number of benzene rings is 1. The van der Waals surface area contributed by atoms with Gasteiger partial charge in [-0.2, -0.15) is 0 Å². The topological polar surface area (TPSA) is 33.7 Å².